The minimum absolute atomic E-state index is 0.115. The predicted molar refractivity (Wildman–Crippen MR) is 107 cm³/mol. The van der Waals surface area contributed by atoms with Crippen LogP contribution in [0.15, 0.2) is 85.1 Å². The summed E-state index contributed by atoms with van der Waals surface area (Å²) in [6.07, 6.45) is 3.37. The number of rotatable bonds is 7. The van der Waals surface area contributed by atoms with E-state index in [1.165, 1.54) is 0 Å². The maximum Gasteiger partial charge on any atom is 0.244 e. The Balaban J connectivity index is 1.54. The molecule has 0 atom stereocenters. The fourth-order valence-corrected chi connectivity index (χ4v) is 2.61. The molecule has 4 nitrogen and oxygen atoms in total. The molecule has 1 aromatic heterocycles. The zero-order chi connectivity index (χ0) is 18.9. The first kappa shape index (κ1) is 18.4. The van der Waals surface area contributed by atoms with Crippen molar-refractivity contribution in [2.24, 2.45) is 0 Å². The van der Waals surface area contributed by atoms with Crippen molar-refractivity contribution in [3.63, 3.8) is 0 Å². The van der Waals surface area contributed by atoms with Crippen LogP contribution in [0.5, 0.6) is 5.75 Å². The number of ether oxygens (including phenoxy) is 1. The number of carbonyl (C=O) groups is 1. The van der Waals surface area contributed by atoms with Crippen LogP contribution in [0.4, 0.5) is 0 Å². The Morgan fingerprint density at radius 1 is 1.04 bits per heavy atom. The van der Waals surface area contributed by atoms with Crippen LogP contribution in [-0.4, -0.2) is 10.9 Å². The highest BCUT2D eigenvalue weighted by molar-refractivity contribution is 5.94. The number of hydrogen-bond acceptors (Lipinski definition) is 3. The maximum atomic E-state index is 12.2. The van der Waals surface area contributed by atoms with E-state index in [0.29, 0.717) is 13.2 Å². The minimum atomic E-state index is -0.115. The average molecular weight is 358 g/mol. The van der Waals surface area contributed by atoms with Gasteiger partial charge in [-0.2, -0.15) is 0 Å². The van der Waals surface area contributed by atoms with Crippen molar-refractivity contribution in [2.45, 2.75) is 20.1 Å². The largest absolute Gasteiger partial charge is 0.487 e. The average Bonchev–Trinajstić information content (AvgIpc) is 2.72. The van der Waals surface area contributed by atoms with Gasteiger partial charge in [0, 0.05) is 18.8 Å². The minimum Gasteiger partial charge on any atom is -0.487 e. The number of carbonyl (C=O) groups excluding carboxylic acids is 1. The van der Waals surface area contributed by atoms with E-state index >= 15 is 0 Å². The number of pyridine rings is 1. The van der Waals surface area contributed by atoms with Crippen LogP contribution in [0.2, 0.25) is 0 Å². The third-order valence-electron chi connectivity index (χ3n) is 4.05. The lowest BCUT2D eigenvalue weighted by molar-refractivity contribution is -0.116. The van der Waals surface area contributed by atoms with Gasteiger partial charge in [0.05, 0.1) is 5.69 Å². The lowest BCUT2D eigenvalue weighted by Gasteiger charge is -2.08. The summed E-state index contributed by atoms with van der Waals surface area (Å²) in [6.45, 7) is 2.79. The topological polar surface area (TPSA) is 51.2 Å². The van der Waals surface area contributed by atoms with Crippen LogP contribution in [0.1, 0.15) is 23.7 Å². The van der Waals surface area contributed by atoms with Gasteiger partial charge < -0.3 is 10.1 Å². The number of nitrogens with one attached hydrogen (secondary N) is 1. The zero-order valence-corrected chi connectivity index (χ0v) is 15.3. The van der Waals surface area contributed by atoms with Crippen LogP contribution in [0.25, 0.3) is 5.57 Å². The number of nitrogens with zero attached hydrogens (tertiary/aromatic N) is 1. The van der Waals surface area contributed by atoms with Gasteiger partial charge in [0.1, 0.15) is 12.4 Å². The van der Waals surface area contributed by atoms with Gasteiger partial charge in [-0.15, -0.1) is 0 Å². The molecule has 0 saturated heterocycles. The summed E-state index contributed by atoms with van der Waals surface area (Å²) in [4.78, 5) is 16.4. The van der Waals surface area contributed by atoms with Crippen molar-refractivity contribution in [1.29, 1.82) is 0 Å². The van der Waals surface area contributed by atoms with E-state index in [-0.39, 0.29) is 5.91 Å². The van der Waals surface area contributed by atoms with E-state index in [2.05, 4.69) is 10.3 Å². The van der Waals surface area contributed by atoms with Crippen LogP contribution in [-0.2, 0) is 17.9 Å². The van der Waals surface area contributed by atoms with Crippen molar-refractivity contribution >= 4 is 11.5 Å². The SMILES string of the molecule is C/C(=C\C(=O)NCc1cccc(OCc2ccccn2)c1)c1ccccc1. The predicted octanol–water partition coefficient (Wildman–Crippen LogP) is 4.38. The Kier molecular flexibility index (Phi) is 6.36. The van der Waals surface area contributed by atoms with Crippen LogP contribution in [0, 0.1) is 0 Å². The second-order valence-electron chi connectivity index (χ2n) is 6.17. The van der Waals surface area contributed by atoms with Crippen LogP contribution >= 0.6 is 0 Å². The molecule has 0 radical (unpaired) electrons. The molecule has 0 aliphatic rings. The third-order valence-corrected chi connectivity index (χ3v) is 4.05. The molecule has 4 heteroatoms. The molecule has 27 heavy (non-hydrogen) atoms. The monoisotopic (exact) mass is 358 g/mol. The fourth-order valence-electron chi connectivity index (χ4n) is 2.61. The third kappa shape index (κ3) is 5.82. The van der Waals surface area contributed by atoms with E-state index in [1.807, 2.05) is 79.7 Å². The summed E-state index contributed by atoms with van der Waals surface area (Å²) in [5, 5.41) is 2.92. The van der Waals surface area contributed by atoms with Crippen molar-refractivity contribution in [2.75, 3.05) is 0 Å². The highest BCUT2D eigenvalue weighted by atomic mass is 16.5. The second-order valence-corrected chi connectivity index (χ2v) is 6.17. The number of aromatic nitrogens is 1. The van der Waals surface area contributed by atoms with E-state index in [1.54, 1.807) is 12.3 Å². The Morgan fingerprint density at radius 3 is 2.63 bits per heavy atom. The molecule has 0 unspecified atom stereocenters. The molecular weight excluding hydrogens is 336 g/mol. The normalized spacial score (nSPS) is 11.1. The quantitative estimate of drug-likeness (QED) is 0.638. The Labute approximate surface area is 159 Å². The first-order valence-electron chi connectivity index (χ1n) is 8.84. The molecule has 1 amide bonds. The standard InChI is InChI=1S/C23H22N2O2/c1-18(20-9-3-2-4-10-20)14-23(26)25-16-19-8-7-12-22(15-19)27-17-21-11-5-6-13-24-21/h2-15H,16-17H2,1H3,(H,25,26)/b18-14+. The highest BCUT2D eigenvalue weighted by Gasteiger charge is 2.03. The number of benzene rings is 2. The molecule has 0 bridgehead atoms. The lowest BCUT2D eigenvalue weighted by atomic mass is 10.1. The Morgan fingerprint density at radius 2 is 1.85 bits per heavy atom. The number of amides is 1. The maximum absolute atomic E-state index is 12.2. The molecule has 0 saturated carbocycles. The van der Waals surface area contributed by atoms with Crippen molar-refractivity contribution in [1.82, 2.24) is 10.3 Å². The fraction of sp³-hybridized carbons (Fsp3) is 0.130. The van der Waals surface area contributed by atoms with E-state index < -0.39 is 0 Å². The first-order chi connectivity index (χ1) is 13.2. The van der Waals surface area contributed by atoms with Gasteiger partial charge in [-0.25, -0.2) is 0 Å². The van der Waals surface area contributed by atoms with Gasteiger partial charge >= 0.3 is 0 Å². The Hall–Kier alpha value is -3.40. The molecule has 2 aromatic carbocycles. The van der Waals surface area contributed by atoms with Gasteiger partial charge in [0.25, 0.3) is 0 Å². The molecule has 3 rings (SSSR count). The highest BCUT2D eigenvalue weighted by Crippen LogP contribution is 2.15. The smallest absolute Gasteiger partial charge is 0.244 e. The summed E-state index contributed by atoms with van der Waals surface area (Å²) < 4.78 is 5.77. The molecule has 0 aliphatic carbocycles. The summed E-state index contributed by atoms with van der Waals surface area (Å²) >= 11 is 0. The number of allylic oxidation sites excluding steroid dienone is 1. The second kappa shape index (κ2) is 9.34. The van der Waals surface area contributed by atoms with Crippen molar-refractivity contribution in [3.8, 4) is 5.75 Å². The summed E-state index contributed by atoms with van der Waals surface area (Å²) in [7, 11) is 0. The van der Waals surface area contributed by atoms with Gasteiger partial charge in [-0.3, -0.25) is 9.78 Å². The number of hydrogen-bond donors (Lipinski definition) is 1. The molecule has 1 N–H and O–H groups in total. The van der Waals surface area contributed by atoms with Gasteiger partial charge in [-0.1, -0.05) is 48.5 Å². The summed E-state index contributed by atoms with van der Waals surface area (Å²) in [5.41, 5.74) is 3.82. The molecule has 0 aliphatic heterocycles. The zero-order valence-electron chi connectivity index (χ0n) is 15.3. The first-order valence-corrected chi connectivity index (χ1v) is 8.84. The molecule has 1 heterocycles. The van der Waals surface area contributed by atoms with Gasteiger partial charge in [0.2, 0.25) is 5.91 Å². The van der Waals surface area contributed by atoms with E-state index in [0.717, 1.165) is 28.1 Å². The van der Waals surface area contributed by atoms with Crippen LogP contribution < -0.4 is 10.1 Å². The van der Waals surface area contributed by atoms with E-state index in [9.17, 15) is 4.79 Å². The molecule has 3 aromatic rings. The molecule has 0 spiro atoms. The summed E-state index contributed by atoms with van der Waals surface area (Å²) in [5.74, 6) is 0.638. The molecule has 0 fully saturated rings. The van der Waals surface area contributed by atoms with E-state index in [4.69, 9.17) is 4.74 Å². The van der Waals surface area contributed by atoms with Gasteiger partial charge in [-0.05, 0) is 47.9 Å². The summed E-state index contributed by atoms with van der Waals surface area (Å²) in [6, 6.07) is 23.3. The van der Waals surface area contributed by atoms with Crippen molar-refractivity contribution in [3.05, 3.63) is 102 Å². The lowest BCUT2D eigenvalue weighted by Crippen LogP contribution is -2.20. The molecular formula is C23H22N2O2. The molecule has 136 valence electrons. The Bertz CT molecular complexity index is 906. The van der Waals surface area contributed by atoms with Crippen LogP contribution in [0.3, 0.4) is 0 Å². The van der Waals surface area contributed by atoms with Crippen molar-refractivity contribution < 1.29 is 9.53 Å². The van der Waals surface area contributed by atoms with Gasteiger partial charge in [0.15, 0.2) is 0 Å².